The van der Waals surface area contributed by atoms with Crippen LogP contribution in [0.1, 0.15) is 12.7 Å². The summed E-state index contributed by atoms with van der Waals surface area (Å²) in [4.78, 5) is 23.7. The zero-order chi connectivity index (χ0) is 9.84. The van der Waals surface area contributed by atoms with Crippen LogP contribution in [0.15, 0.2) is 4.79 Å². The van der Waals surface area contributed by atoms with E-state index in [4.69, 9.17) is 5.11 Å². The summed E-state index contributed by atoms with van der Waals surface area (Å²) >= 11 is 0. The van der Waals surface area contributed by atoms with Gasteiger partial charge in [0, 0.05) is 0 Å². The Balaban J connectivity index is 2.44. The standard InChI is InChI=1S/C6H10N4O3/c1-3(11)5(12)7-2-4-8-6(13)10-9-4/h3,11H,2H2,1H3,(H,7,12)(H2,8,9,10,13)/t3-/m1/s1. The van der Waals surface area contributed by atoms with Gasteiger partial charge in [0.15, 0.2) is 0 Å². The lowest BCUT2D eigenvalue weighted by atomic mass is 10.4. The highest BCUT2D eigenvalue weighted by Gasteiger charge is 2.08. The summed E-state index contributed by atoms with van der Waals surface area (Å²) in [6.45, 7) is 1.44. The number of aliphatic hydroxyl groups is 1. The Morgan fingerprint density at radius 3 is 2.92 bits per heavy atom. The van der Waals surface area contributed by atoms with Crippen LogP contribution in [0.2, 0.25) is 0 Å². The van der Waals surface area contributed by atoms with Crippen molar-refractivity contribution in [3.8, 4) is 0 Å². The van der Waals surface area contributed by atoms with Gasteiger partial charge >= 0.3 is 5.69 Å². The second-order valence-corrected chi connectivity index (χ2v) is 2.52. The SMILES string of the molecule is C[C@@H](O)C(=O)NCc1n[nH]c(=O)[nH]1. The Morgan fingerprint density at radius 1 is 1.77 bits per heavy atom. The minimum absolute atomic E-state index is 0.0858. The minimum atomic E-state index is -1.06. The first-order valence-corrected chi connectivity index (χ1v) is 3.69. The summed E-state index contributed by atoms with van der Waals surface area (Å²) in [5, 5.41) is 16.9. The number of aliphatic hydroxyl groups excluding tert-OH is 1. The van der Waals surface area contributed by atoms with E-state index in [2.05, 4.69) is 20.5 Å². The fourth-order valence-electron chi connectivity index (χ4n) is 0.707. The largest absolute Gasteiger partial charge is 0.384 e. The van der Waals surface area contributed by atoms with Crippen LogP contribution in [-0.2, 0) is 11.3 Å². The highest BCUT2D eigenvalue weighted by Crippen LogP contribution is 1.83. The average molecular weight is 186 g/mol. The topological polar surface area (TPSA) is 111 Å². The van der Waals surface area contributed by atoms with Crippen molar-refractivity contribution in [2.75, 3.05) is 0 Å². The molecule has 0 unspecified atom stereocenters. The van der Waals surface area contributed by atoms with Crippen molar-refractivity contribution in [2.45, 2.75) is 19.6 Å². The number of carbonyl (C=O) groups excluding carboxylic acids is 1. The van der Waals surface area contributed by atoms with Crippen LogP contribution < -0.4 is 11.0 Å². The summed E-state index contributed by atoms with van der Waals surface area (Å²) < 4.78 is 0. The van der Waals surface area contributed by atoms with Crippen LogP contribution in [-0.4, -0.2) is 32.3 Å². The van der Waals surface area contributed by atoms with Gasteiger partial charge in [-0.1, -0.05) is 0 Å². The number of amides is 1. The number of nitrogens with zero attached hydrogens (tertiary/aromatic N) is 1. The molecule has 0 radical (unpaired) electrons. The van der Waals surface area contributed by atoms with Crippen molar-refractivity contribution < 1.29 is 9.90 Å². The Kier molecular flexibility index (Phi) is 2.80. The van der Waals surface area contributed by atoms with Gasteiger partial charge in [0.05, 0.1) is 6.54 Å². The highest BCUT2D eigenvalue weighted by atomic mass is 16.3. The summed E-state index contributed by atoms with van der Waals surface area (Å²) in [6, 6.07) is 0. The first-order chi connectivity index (χ1) is 6.09. The van der Waals surface area contributed by atoms with Gasteiger partial charge in [0.1, 0.15) is 11.9 Å². The van der Waals surface area contributed by atoms with Crippen molar-refractivity contribution in [3.05, 3.63) is 16.3 Å². The van der Waals surface area contributed by atoms with Gasteiger partial charge in [0.25, 0.3) is 0 Å². The maximum Gasteiger partial charge on any atom is 0.340 e. The summed E-state index contributed by atoms with van der Waals surface area (Å²) in [5.74, 6) is -0.192. The molecule has 0 saturated carbocycles. The van der Waals surface area contributed by atoms with Gasteiger partial charge in [-0.2, -0.15) is 5.10 Å². The van der Waals surface area contributed by atoms with Gasteiger partial charge in [0.2, 0.25) is 5.91 Å². The maximum absolute atomic E-state index is 10.8. The molecule has 7 heteroatoms. The molecule has 1 aromatic heterocycles. The Hall–Kier alpha value is -1.63. The van der Waals surface area contributed by atoms with E-state index in [9.17, 15) is 9.59 Å². The Bertz CT molecular complexity index is 340. The first kappa shape index (κ1) is 9.46. The van der Waals surface area contributed by atoms with Crippen molar-refractivity contribution in [1.29, 1.82) is 0 Å². The fourth-order valence-corrected chi connectivity index (χ4v) is 0.707. The average Bonchev–Trinajstić information content (AvgIpc) is 2.47. The second-order valence-electron chi connectivity index (χ2n) is 2.52. The number of aromatic nitrogens is 3. The Morgan fingerprint density at radius 2 is 2.46 bits per heavy atom. The molecule has 0 spiro atoms. The van der Waals surface area contributed by atoms with Crippen LogP contribution in [0.25, 0.3) is 0 Å². The molecule has 1 aromatic rings. The summed E-state index contributed by atoms with van der Waals surface area (Å²) in [5.41, 5.74) is -0.429. The van der Waals surface area contributed by atoms with Crippen LogP contribution in [0.5, 0.6) is 0 Å². The maximum atomic E-state index is 10.8. The summed E-state index contributed by atoms with van der Waals surface area (Å²) in [7, 11) is 0. The van der Waals surface area contributed by atoms with Gasteiger partial charge < -0.3 is 10.4 Å². The molecule has 0 aliphatic carbocycles. The number of rotatable bonds is 3. The third-order valence-electron chi connectivity index (χ3n) is 1.36. The van der Waals surface area contributed by atoms with Crippen LogP contribution >= 0.6 is 0 Å². The van der Waals surface area contributed by atoms with E-state index in [-0.39, 0.29) is 6.54 Å². The lowest BCUT2D eigenvalue weighted by Gasteiger charge is -2.03. The van der Waals surface area contributed by atoms with E-state index in [1.807, 2.05) is 0 Å². The van der Waals surface area contributed by atoms with E-state index in [0.717, 1.165) is 0 Å². The molecule has 0 fully saturated rings. The number of carbonyl (C=O) groups is 1. The molecule has 0 aromatic carbocycles. The molecule has 7 nitrogen and oxygen atoms in total. The number of hydrogen-bond donors (Lipinski definition) is 4. The quantitative estimate of drug-likeness (QED) is 0.441. The van der Waals surface area contributed by atoms with E-state index < -0.39 is 17.7 Å². The van der Waals surface area contributed by atoms with Crippen LogP contribution in [0, 0.1) is 0 Å². The van der Waals surface area contributed by atoms with Crippen molar-refractivity contribution in [3.63, 3.8) is 0 Å². The van der Waals surface area contributed by atoms with E-state index >= 15 is 0 Å². The molecular formula is C6H10N4O3. The zero-order valence-electron chi connectivity index (χ0n) is 7.00. The lowest BCUT2D eigenvalue weighted by Crippen LogP contribution is -2.32. The molecule has 0 aliphatic rings. The third-order valence-corrected chi connectivity index (χ3v) is 1.36. The molecule has 0 saturated heterocycles. The molecule has 1 amide bonds. The molecular weight excluding hydrogens is 176 g/mol. The van der Waals surface area contributed by atoms with Crippen molar-refractivity contribution >= 4 is 5.91 Å². The monoisotopic (exact) mass is 186 g/mol. The smallest absolute Gasteiger partial charge is 0.340 e. The number of hydrogen-bond acceptors (Lipinski definition) is 4. The predicted octanol–water partition coefficient (Wildman–Crippen LogP) is -1.91. The highest BCUT2D eigenvalue weighted by molar-refractivity contribution is 5.79. The lowest BCUT2D eigenvalue weighted by molar-refractivity contribution is -0.128. The molecule has 1 heterocycles. The molecule has 4 N–H and O–H groups in total. The number of nitrogens with one attached hydrogen (secondary N) is 3. The zero-order valence-corrected chi connectivity index (χ0v) is 7.00. The predicted molar refractivity (Wildman–Crippen MR) is 42.7 cm³/mol. The molecule has 1 atom stereocenters. The van der Waals surface area contributed by atoms with Crippen molar-refractivity contribution in [2.24, 2.45) is 0 Å². The molecule has 0 bridgehead atoms. The number of H-pyrrole nitrogens is 2. The Labute approximate surface area is 73.2 Å². The van der Waals surface area contributed by atoms with E-state index in [1.165, 1.54) is 6.92 Å². The van der Waals surface area contributed by atoms with E-state index in [1.54, 1.807) is 0 Å². The van der Waals surface area contributed by atoms with Gasteiger partial charge in [-0.3, -0.25) is 9.78 Å². The molecule has 72 valence electrons. The van der Waals surface area contributed by atoms with Gasteiger partial charge in [-0.05, 0) is 6.92 Å². The third kappa shape index (κ3) is 2.71. The normalized spacial score (nSPS) is 12.5. The number of aromatic amines is 2. The van der Waals surface area contributed by atoms with Crippen LogP contribution in [0.4, 0.5) is 0 Å². The second kappa shape index (κ2) is 3.85. The van der Waals surface area contributed by atoms with Crippen molar-refractivity contribution in [1.82, 2.24) is 20.5 Å². The first-order valence-electron chi connectivity index (χ1n) is 3.69. The van der Waals surface area contributed by atoms with Gasteiger partial charge in [-0.15, -0.1) is 0 Å². The summed E-state index contributed by atoms with van der Waals surface area (Å²) in [6.07, 6.45) is -1.06. The minimum Gasteiger partial charge on any atom is -0.384 e. The van der Waals surface area contributed by atoms with E-state index in [0.29, 0.717) is 5.82 Å². The molecule has 13 heavy (non-hydrogen) atoms. The fraction of sp³-hybridized carbons (Fsp3) is 0.500. The van der Waals surface area contributed by atoms with Gasteiger partial charge in [-0.25, -0.2) is 9.89 Å². The van der Waals surface area contributed by atoms with Crippen LogP contribution in [0.3, 0.4) is 0 Å². The molecule has 1 rings (SSSR count). The molecule has 0 aliphatic heterocycles.